The van der Waals surface area contributed by atoms with E-state index in [1.807, 2.05) is 0 Å². The minimum absolute atomic E-state index is 0.0271. The third kappa shape index (κ3) is 3.30. The molecule has 0 unspecified atom stereocenters. The van der Waals surface area contributed by atoms with Gasteiger partial charge in [0.05, 0.1) is 6.42 Å². The number of aliphatic carboxylic acids is 1. The van der Waals surface area contributed by atoms with Crippen LogP contribution in [-0.4, -0.2) is 34.1 Å². The summed E-state index contributed by atoms with van der Waals surface area (Å²) in [6.45, 7) is 1.58. The molecule has 8 heteroatoms. The summed E-state index contributed by atoms with van der Waals surface area (Å²) in [6.07, 6.45) is 0.761. The van der Waals surface area contributed by atoms with Gasteiger partial charge in [0.25, 0.3) is 5.91 Å². The zero-order chi connectivity index (χ0) is 13.0. The first kappa shape index (κ1) is 12.7. The summed E-state index contributed by atoms with van der Waals surface area (Å²) in [5.41, 5.74) is 5.30. The summed E-state index contributed by atoms with van der Waals surface area (Å²) < 4.78 is 4.54. The summed E-state index contributed by atoms with van der Waals surface area (Å²) >= 11 is 0. The van der Waals surface area contributed by atoms with Crippen LogP contribution in [-0.2, 0) is 9.59 Å². The topological polar surface area (TPSA) is 136 Å². The molecule has 0 aliphatic carbocycles. The number of nitrogens with two attached hydrogens (primary N) is 1. The largest absolute Gasteiger partial charge is 0.480 e. The number of primary amides is 1. The average Bonchev–Trinajstić information content (AvgIpc) is 2.62. The van der Waals surface area contributed by atoms with E-state index in [0.717, 1.165) is 0 Å². The SMILES string of the molecule is Cc1conc1C(=O)N[C@@H](CC(N)=O)C(=O)O. The second-order valence-corrected chi connectivity index (χ2v) is 3.38. The van der Waals surface area contributed by atoms with E-state index < -0.39 is 30.2 Å². The predicted molar refractivity (Wildman–Crippen MR) is 53.9 cm³/mol. The molecule has 0 fully saturated rings. The van der Waals surface area contributed by atoms with Crippen LogP contribution in [0.5, 0.6) is 0 Å². The van der Waals surface area contributed by atoms with Crippen LogP contribution in [0.25, 0.3) is 0 Å². The predicted octanol–water partition coefficient (Wildman–Crippen LogP) is -0.959. The van der Waals surface area contributed by atoms with Gasteiger partial charge in [-0.2, -0.15) is 0 Å². The fourth-order valence-electron chi connectivity index (χ4n) is 1.13. The van der Waals surface area contributed by atoms with Gasteiger partial charge in [-0.15, -0.1) is 0 Å². The number of carbonyl (C=O) groups is 3. The third-order valence-electron chi connectivity index (χ3n) is 1.97. The van der Waals surface area contributed by atoms with Crippen LogP contribution in [0.1, 0.15) is 22.5 Å². The molecule has 0 aromatic carbocycles. The van der Waals surface area contributed by atoms with Gasteiger partial charge in [-0.25, -0.2) is 4.79 Å². The van der Waals surface area contributed by atoms with Gasteiger partial charge in [0.15, 0.2) is 5.69 Å². The molecule has 1 aromatic rings. The molecule has 2 amide bonds. The van der Waals surface area contributed by atoms with Gasteiger partial charge >= 0.3 is 5.97 Å². The number of nitrogens with one attached hydrogen (secondary N) is 1. The Morgan fingerprint density at radius 1 is 1.59 bits per heavy atom. The normalized spacial score (nSPS) is 11.8. The van der Waals surface area contributed by atoms with E-state index in [9.17, 15) is 14.4 Å². The fraction of sp³-hybridized carbons (Fsp3) is 0.333. The van der Waals surface area contributed by atoms with Crippen molar-refractivity contribution in [3.63, 3.8) is 0 Å². The lowest BCUT2D eigenvalue weighted by Crippen LogP contribution is -2.43. The van der Waals surface area contributed by atoms with Gasteiger partial charge in [0, 0.05) is 5.56 Å². The van der Waals surface area contributed by atoms with E-state index in [4.69, 9.17) is 10.8 Å². The number of amides is 2. The Balaban J connectivity index is 2.74. The number of aromatic nitrogens is 1. The first-order chi connectivity index (χ1) is 7.91. The minimum Gasteiger partial charge on any atom is -0.480 e. The molecule has 4 N–H and O–H groups in total. The minimum atomic E-state index is -1.38. The van der Waals surface area contributed by atoms with E-state index in [0.29, 0.717) is 5.56 Å². The lowest BCUT2D eigenvalue weighted by atomic mass is 10.2. The standard InChI is InChI=1S/C9H11N3O5/c1-4-3-17-12-7(4)8(14)11-5(9(15)16)2-6(10)13/h3,5H,2H2,1H3,(H2,10,13)(H,11,14)(H,15,16)/t5-/m0/s1. The van der Waals surface area contributed by atoms with Crippen molar-refractivity contribution in [2.45, 2.75) is 19.4 Å². The zero-order valence-corrected chi connectivity index (χ0v) is 8.97. The van der Waals surface area contributed by atoms with Crippen LogP contribution < -0.4 is 11.1 Å². The number of aryl methyl sites for hydroxylation is 1. The molecule has 0 aliphatic rings. The Kier molecular flexibility index (Phi) is 3.81. The zero-order valence-electron chi connectivity index (χ0n) is 8.97. The lowest BCUT2D eigenvalue weighted by Gasteiger charge is -2.11. The Morgan fingerprint density at radius 2 is 2.24 bits per heavy atom. The molecule has 0 aliphatic heterocycles. The maximum atomic E-state index is 11.6. The highest BCUT2D eigenvalue weighted by Crippen LogP contribution is 2.05. The van der Waals surface area contributed by atoms with Gasteiger partial charge in [-0.3, -0.25) is 9.59 Å². The van der Waals surface area contributed by atoms with Crippen molar-refractivity contribution in [2.75, 3.05) is 0 Å². The summed E-state index contributed by atoms with van der Waals surface area (Å²) in [5.74, 6) is -2.90. The summed E-state index contributed by atoms with van der Waals surface area (Å²) in [6, 6.07) is -1.38. The molecule has 1 atom stereocenters. The van der Waals surface area contributed by atoms with E-state index in [2.05, 4.69) is 15.0 Å². The summed E-state index contributed by atoms with van der Waals surface area (Å²) in [5, 5.41) is 14.3. The molecule has 0 spiro atoms. The van der Waals surface area contributed by atoms with Crippen molar-refractivity contribution in [3.05, 3.63) is 17.5 Å². The second-order valence-electron chi connectivity index (χ2n) is 3.38. The Morgan fingerprint density at radius 3 is 2.65 bits per heavy atom. The molecule has 1 aromatic heterocycles. The molecule has 1 heterocycles. The second kappa shape index (κ2) is 5.10. The maximum Gasteiger partial charge on any atom is 0.326 e. The average molecular weight is 241 g/mol. The van der Waals surface area contributed by atoms with Crippen LogP contribution >= 0.6 is 0 Å². The Labute approximate surface area is 95.8 Å². The maximum absolute atomic E-state index is 11.6. The van der Waals surface area contributed by atoms with Crippen molar-refractivity contribution < 1.29 is 24.0 Å². The third-order valence-corrected chi connectivity index (χ3v) is 1.97. The van der Waals surface area contributed by atoms with Gasteiger partial charge in [0.1, 0.15) is 12.3 Å². The van der Waals surface area contributed by atoms with Crippen molar-refractivity contribution in [2.24, 2.45) is 5.73 Å². The van der Waals surface area contributed by atoms with Crippen molar-refractivity contribution in [3.8, 4) is 0 Å². The highest BCUT2D eigenvalue weighted by Gasteiger charge is 2.24. The van der Waals surface area contributed by atoms with Crippen LogP contribution in [0.15, 0.2) is 10.8 Å². The van der Waals surface area contributed by atoms with E-state index >= 15 is 0 Å². The van der Waals surface area contributed by atoms with Gasteiger partial charge in [-0.1, -0.05) is 5.16 Å². The fourth-order valence-corrected chi connectivity index (χ4v) is 1.13. The molecule has 92 valence electrons. The first-order valence-electron chi connectivity index (χ1n) is 4.64. The van der Waals surface area contributed by atoms with Gasteiger partial charge in [0.2, 0.25) is 5.91 Å². The quantitative estimate of drug-likeness (QED) is 0.607. The highest BCUT2D eigenvalue weighted by molar-refractivity contribution is 5.96. The van der Waals surface area contributed by atoms with Crippen LogP contribution in [0.2, 0.25) is 0 Å². The molecule has 8 nitrogen and oxygen atoms in total. The molecule has 1 rings (SSSR count). The number of nitrogens with zero attached hydrogens (tertiary/aromatic N) is 1. The molecule has 17 heavy (non-hydrogen) atoms. The molecule has 0 saturated carbocycles. The van der Waals surface area contributed by atoms with Crippen LogP contribution in [0.3, 0.4) is 0 Å². The number of carboxylic acid groups (broad SMARTS) is 1. The molecular weight excluding hydrogens is 230 g/mol. The van der Waals surface area contributed by atoms with Gasteiger partial charge < -0.3 is 20.7 Å². The number of hydrogen-bond acceptors (Lipinski definition) is 5. The van der Waals surface area contributed by atoms with E-state index in [1.165, 1.54) is 6.26 Å². The summed E-state index contributed by atoms with van der Waals surface area (Å²) in [4.78, 5) is 33.0. The summed E-state index contributed by atoms with van der Waals surface area (Å²) in [7, 11) is 0. The smallest absolute Gasteiger partial charge is 0.326 e. The number of rotatable bonds is 5. The van der Waals surface area contributed by atoms with Crippen molar-refractivity contribution in [1.82, 2.24) is 10.5 Å². The molecular formula is C9H11N3O5. The monoisotopic (exact) mass is 241 g/mol. The molecule has 0 saturated heterocycles. The van der Waals surface area contributed by atoms with Gasteiger partial charge in [-0.05, 0) is 6.92 Å². The number of carboxylic acids is 1. The molecule has 0 radical (unpaired) electrons. The number of hydrogen-bond donors (Lipinski definition) is 3. The number of carbonyl (C=O) groups excluding carboxylic acids is 2. The Hall–Kier alpha value is -2.38. The Bertz CT molecular complexity index is 453. The van der Waals surface area contributed by atoms with Crippen molar-refractivity contribution in [1.29, 1.82) is 0 Å². The van der Waals surface area contributed by atoms with E-state index in [1.54, 1.807) is 6.92 Å². The first-order valence-corrected chi connectivity index (χ1v) is 4.64. The lowest BCUT2D eigenvalue weighted by molar-refractivity contribution is -0.140. The van der Waals surface area contributed by atoms with Crippen LogP contribution in [0, 0.1) is 6.92 Å². The van der Waals surface area contributed by atoms with Crippen molar-refractivity contribution >= 4 is 17.8 Å². The van der Waals surface area contributed by atoms with E-state index in [-0.39, 0.29) is 5.69 Å². The van der Waals surface area contributed by atoms with Crippen LogP contribution in [0.4, 0.5) is 0 Å². The molecule has 0 bridgehead atoms. The highest BCUT2D eigenvalue weighted by atomic mass is 16.5.